The first-order valence-electron chi connectivity index (χ1n) is 9.10. The molecule has 3 aromatic rings. The summed E-state index contributed by atoms with van der Waals surface area (Å²) in [5.74, 6) is 1.63. The van der Waals surface area contributed by atoms with E-state index in [1.165, 1.54) is 0 Å². The minimum Gasteiger partial charge on any atom is -0.484 e. The van der Waals surface area contributed by atoms with Crippen molar-refractivity contribution in [3.63, 3.8) is 0 Å². The fourth-order valence-electron chi connectivity index (χ4n) is 3.35. The molecule has 0 aliphatic carbocycles. The molecule has 1 fully saturated rings. The van der Waals surface area contributed by atoms with E-state index >= 15 is 0 Å². The van der Waals surface area contributed by atoms with Crippen molar-refractivity contribution in [2.75, 3.05) is 18.4 Å². The Hall–Kier alpha value is -2.91. The van der Waals surface area contributed by atoms with Crippen LogP contribution in [0.1, 0.15) is 23.2 Å². The van der Waals surface area contributed by atoms with Crippen LogP contribution >= 0.6 is 12.4 Å². The number of hydrogen-bond acceptors (Lipinski definition) is 7. The smallest absolute Gasteiger partial charge is 0.264 e. The molecule has 4 rings (SSSR count). The average molecular weight is 419 g/mol. The van der Waals surface area contributed by atoms with Gasteiger partial charge in [0, 0.05) is 37.9 Å². The molecule has 2 atom stereocenters. The minimum atomic E-state index is -0.138. The zero-order valence-corrected chi connectivity index (χ0v) is 17.0. The molecule has 0 radical (unpaired) electrons. The standard InChI is InChI=1S/C19H22N6O3.ClH/c1-12-22-18(28-24-12)11-27-15-5-3-14(4-6-15)23-19(26)17-9-20-8-16(17)13-7-21-25(2)10-13;/h3-7,10,16-17,20H,8-9,11H2,1-2H3,(H,23,26);1H/t16-,17+;/m1./s1. The normalized spacial score (nSPS) is 18.3. The molecule has 2 N–H and O–H groups in total. The van der Waals surface area contributed by atoms with Crippen molar-refractivity contribution >= 4 is 24.0 Å². The number of hydrogen-bond donors (Lipinski definition) is 2. The van der Waals surface area contributed by atoms with E-state index < -0.39 is 0 Å². The predicted octanol–water partition coefficient (Wildman–Crippen LogP) is 2.05. The third-order valence-electron chi connectivity index (χ3n) is 4.76. The Bertz CT molecular complexity index is 955. The van der Waals surface area contributed by atoms with Gasteiger partial charge in [0.1, 0.15) is 5.75 Å². The van der Waals surface area contributed by atoms with E-state index in [0.29, 0.717) is 24.0 Å². The molecule has 9 nitrogen and oxygen atoms in total. The molecule has 0 spiro atoms. The highest BCUT2D eigenvalue weighted by Crippen LogP contribution is 2.29. The molecule has 0 unspecified atom stereocenters. The quantitative estimate of drug-likeness (QED) is 0.630. The van der Waals surface area contributed by atoms with E-state index in [9.17, 15) is 4.79 Å². The second kappa shape index (κ2) is 9.06. The highest BCUT2D eigenvalue weighted by Gasteiger charge is 2.34. The van der Waals surface area contributed by atoms with Crippen LogP contribution in [0.25, 0.3) is 0 Å². The number of aryl methyl sites for hydroxylation is 2. The lowest BCUT2D eigenvalue weighted by molar-refractivity contribution is -0.119. The van der Waals surface area contributed by atoms with E-state index in [1.807, 2.05) is 31.6 Å². The molecule has 1 amide bonds. The van der Waals surface area contributed by atoms with Gasteiger partial charge < -0.3 is 19.9 Å². The Balaban J connectivity index is 0.00000240. The fourth-order valence-corrected chi connectivity index (χ4v) is 3.35. The minimum absolute atomic E-state index is 0. The molecule has 1 aliphatic rings. The van der Waals surface area contributed by atoms with Crippen molar-refractivity contribution in [1.29, 1.82) is 0 Å². The van der Waals surface area contributed by atoms with E-state index in [-0.39, 0.29) is 36.8 Å². The fraction of sp³-hybridized carbons (Fsp3) is 0.368. The third kappa shape index (κ3) is 4.93. The number of benzene rings is 1. The first kappa shape index (κ1) is 20.8. The maximum absolute atomic E-state index is 12.8. The summed E-state index contributed by atoms with van der Waals surface area (Å²) in [6, 6.07) is 7.22. The number of anilines is 1. The number of aromatic nitrogens is 4. The highest BCUT2D eigenvalue weighted by atomic mass is 35.5. The van der Waals surface area contributed by atoms with E-state index in [4.69, 9.17) is 9.26 Å². The summed E-state index contributed by atoms with van der Waals surface area (Å²) in [6.07, 6.45) is 3.80. The van der Waals surface area contributed by atoms with Gasteiger partial charge in [0.25, 0.3) is 5.89 Å². The second-order valence-corrected chi connectivity index (χ2v) is 6.86. The lowest BCUT2D eigenvalue weighted by Gasteiger charge is -2.17. The summed E-state index contributed by atoms with van der Waals surface area (Å²) < 4.78 is 12.4. The van der Waals surface area contributed by atoms with Gasteiger partial charge in [-0.2, -0.15) is 10.1 Å². The van der Waals surface area contributed by atoms with Gasteiger partial charge in [0.2, 0.25) is 5.91 Å². The van der Waals surface area contributed by atoms with Crippen LogP contribution in [0.5, 0.6) is 5.75 Å². The highest BCUT2D eigenvalue weighted by molar-refractivity contribution is 5.93. The molecule has 3 heterocycles. The summed E-state index contributed by atoms with van der Waals surface area (Å²) in [5, 5.41) is 14.2. The average Bonchev–Trinajstić information content (AvgIpc) is 3.41. The molecule has 1 saturated heterocycles. The van der Waals surface area contributed by atoms with Gasteiger partial charge in [0.05, 0.1) is 12.1 Å². The molecule has 154 valence electrons. The summed E-state index contributed by atoms with van der Waals surface area (Å²) >= 11 is 0. The Morgan fingerprint density at radius 3 is 2.79 bits per heavy atom. The molecule has 0 bridgehead atoms. The van der Waals surface area contributed by atoms with Gasteiger partial charge in [-0.25, -0.2) is 0 Å². The summed E-state index contributed by atoms with van der Waals surface area (Å²) in [4.78, 5) is 16.9. The van der Waals surface area contributed by atoms with Crippen LogP contribution in [0, 0.1) is 12.8 Å². The molecule has 1 aliphatic heterocycles. The zero-order chi connectivity index (χ0) is 19.5. The number of nitrogens with one attached hydrogen (secondary N) is 2. The Labute approximate surface area is 174 Å². The van der Waals surface area contributed by atoms with Crippen LogP contribution in [0.15, 0.2) is 41.2 Å². The van der Waals surface area contributed by atoms with Crippen molar-refractivity contribution in [3.8, 4) is 5.75 Å². The lowest BCUT2D eigenvalue weighted by atomic mass is 9.90. The zero-order valence-electron chi connectivity index (χ0n) is 16.2. The predicted molar refractivity (Wildman–Crippen MR) is 108 cm³/mol. The SMILES string of the molecule is Cc1noc(COc2ccc(NC(=O)[C@H]3CNC[C@@H]3c3cnn(C)c3)cc2)n1.Cl. The molecular weight excluding hydrogens is 396 g/mol. The molecule has 1 aromatic carbocycles. The van der Waals surface area contributed by atoms with Crippen LogP contribution < -0.4 is 15.4 Å². The largest absolute Gasteiger partial charge is 0.484 e. The molecular formula is C19H23ClN6O3. The number of rotatable bonds is 6. The maximum atomic E-state index is 12.8. The van der Waals surface area contributed by atoms with Gasteiger partial charge in [-0.3, -0.25) is 9.48 Å². The number of ether oxygens (including phenoxy) is 1. The number of amides is 1. The van der Waals surface area contributed by atoms with Crippen LogP contribution in [-0.2, 0) is 18.4 Å². The first-order valence-corrected chi connectivity index (χ1v) is 9.10. The lowest BCUT2D eigenvalue weighted by Crippen LogP contribution is -2.28. The van der Waals surface area contributed by atoms with Gasteiger partial charge in [-0.1, -0.05) is 5.16 Å². The Kier molecular flexibility index (Phi) is 6.50. The van der Waals surface area contributed by atoms with Crippen molar-refractivity contribution in [1.82, 2.24) is 25.2 Å². The topological polar surface area (TPSA) is 107 Å². The molecule has 29 heavy (non-hydrogen) atoms. The van der Waals surface area contributed by atoms with Crippen LogP contribution in [0.3, 0.4) is 0 Å². The van der Waals surface area contributed by atoms with E-state index in [0.717, 1.165) is 17.8 Å². The maximum Gasteiger partial charge on any atom is 0.264 e. The monoisotopic (exact) mass is 418 g/mol. The number of carbonyl (C=O) groups is 1. The second-order valence-electron chi connectivity index (χ2n) is 6.86. The van der Waals surface area contributed by atoms with Crippen molar-refractivity contribution in [2.45, 2.75) is 19.4 Å². The van der Waals surface area contributed by atoms with Gasteiger partial charge >= 0.3 is 0 Å². The van der Waals surface area contributed by atoms with Crippen molar-refractivity contribution in [2.24, 2.45) is 13.0 Å². The number of carbonyl (C=O) groups excluding carboxylic acids is 1. The van der Waals surface area contributed by atoms with Gasteiger partial charge in [0.15, 0.2) is 12.4 Å². The van der Waals surface area contributed by atoms with Crippen LogP contribution in [0.4, 0.5) is 5.69 Å². The van der Waals surface area contributed by atoms with E-state index in [2.05, 4.69) is 25.9 Å². The Morgan fingerprint density at radius 2 is 2.14 bits per heavy atom. The van der Waals surface area contributed by atoms with E-state index in [1.54, 1.807) is 23.7 Å². The van der Waals surface area contributed by atoms with Gasteiger partial charge in [-0.15, -0.1) is 12.4 Å². The third-order valence-corrected chi connectivity index (χ3v) is 4.76. The first-order chi connectivity index (χ1) is 13.6. The van der Waals surface area contributed by atoms with Crippen LogP contribution in [0.2, 0.25) is 0 Å². The molecule has 0 saturated carbocycles. The Morgan fingerprint density at radius 1 is 1.34 bits per heavy atom. The summed E-state index contributed by atoms with van der Waals surface area (Å²) in [7, 11) is 1.88. The number of halogens is 1. The summed E-state index contributed by atoms with van der Waals surface area (Å²) in [6.45, 7) is 3.37. The number of nitrogens with zero attached hydrogens (tertiary/aromatic N) is 4. The summed E-state index contributed by atoms with van der Waals surface area (Å²) in [5.41, 5.74) is 1.80. The molecule has 10 heteroatoms. The van der Waals surface area contributed by atoms with Gasteiger partial charge in [-0.05, 0) is 36.8 Å². The van der Waals surface area contributed by atoms with Crippen molar-refractivity contribution in [3.05, 3.63) is 53.9 Å². The van der Waals surface area contributed by atoms with Crippen molar-refractivity contribution < 1.29 is 14.1 Å². The molecule has 2 aromatic heterocycles. The van der Waals surface area contributed by atoms with Crippen LogP contribution in [-0.4, -0.2) is 38.9 Å².